The molecule has 0 aromatic carbocycles. The predicted molar refractivity (Wildman–Crippen MR) is 70.5 cm³/mol. The molecule has 92 valence electrons. The van der Waals surface area contributed by atoms with E-state index < -0.39 is 0 Å². The van der Waals surface area contributed by atoms with Crippen LogP contribution in [0.3, 0.4) is 0 Å². The fourth-order valence-electron chi connectivity index (χ4n) is 2.88. The van der Waals surface area contributed by atoms with Crippen molar-refractivity contribution in [1.82, 2.24) is 24.8 Å². The molecule has 5 heteroatoms. The zero-order valence-corrected chi connectivity index (χ0v) is 10.1. The smallest absolute Gasteiger partial charge is 0.139 e. The first kappa shape index (κ1) is 10.1. The molecular weight excluding hydrogens is 226 g/mol. The summed E-state index contributed by atoms with van der Waals surface area (Å²) < 4.78 is 2.30. The second kappa shape index (κ2) is 3.81. The second-order valence-electron chi connectivity index (χ2n) is 4.88. The second-order valence-corrected chi connectivity index (χ2v) is 4.88. The molecule has 3 aromatic heterocycles. The topological polar surface area (TPSA) is 58.5 Å². The fourth-order valence-corrected chi connectivity index (χ4v) is 2.88. The van der Waals surface area contributed by atoms with Crippen LogP contribution < -0.4 is 5.32 Å². The number of piperidine rings is 1. The molecule has 0 bridgehead atoms. The summed E-state index contributed by atoms with van der Waals surface area (Å²) in [5.41, 5.74) is 3.12. The van der Waals surface area contributed by atoms with Gasteiger partial charge >= 0.3 is 0 Å². The molecule has 0 radical (unpaired) electrons. The first-order valence-electron chi connectivity index (χ1n) is 6.43. The monoisotopic (exact) mass is 241 g/mol. The van der Waals surface area contributed by atoms with Gasteiger partial charge in [-0.1, -0.05) is 0 Å². The van der Waals surface area contributed by atoms with Gasteiger partial charge in [-0.05, 0) is 25.5 Å². The summed E-state index contributed by atoms with van der Waals surface area (Å²) in [6, 6.07) is 2.59. The van der Waals surface area contributed by atoms with Crippen molar-refractivity contribution in [2.75, 3.05) is 13.1 Å². The highest BCUT2D eigenvalue weighted by Crippen LogP contribution is 2.27. The minimum Gasteiger partial charge on any atom is -0.346 e. The summed E-state index contributed by atoms with van der Waals surface area (Å²) in [7, 11) is 0. The van der Waals surface area contributed by atoms with Gasteiger partial charge in [-0.15, -0.1) is 0 Å². The van der Waals surface area contributed by atoms with Gasteiger partial charge in [0.2, 0.25) is 0 Å². The van der Waals surface area contributed by atoms with E-state index in [4.69, 9.17) is 0 Å². The number of fused-ring (bicyclic) bond motifs is 3. The number of imidazole rings is 1. The van der Waals surface area contributed by atoms with Gasteiger partial charge in [0.25, 0.3) is 0 Å². The number of aromatic nitrogens is 4. The van der Waals surface area contributed by atoms with Crippen LogP contribution >= 0.6 is 0 Å². The van der Waals surface area contributed by atoms with Crippen molar-refractivity contribution >= 4 is 22.1 Å². The Labute approximate surface area is 104 Å². The highest BCUT2D eigenvalue weighted by atomic mass is 15.1. The van der Waals surface area contributed by atoms with E-state index in [1.165, 1.54) is 18.4 Å². The fraction of sp³-hybridized carbons (Fsp3) is 0.385. The SMILES string of the molecule is c1cc2c(ncc3ncn(C4CCCNC4)c32)[nH]1. The van der Waals surface area contributed by atoms with Crippen LogP contribution in [0.4, 0.5) is 0 Å². The summed E-state index contributed by atoms with van der Waals surface area (Å²) in [6.07, 6.45) is 8.18. The summed E-state index contributed by atoms with van der Waals surface area (Å²) in [5.74, 6) is 0. The lowest BCUT2D eigenvalue weighted by Gasteiger charge is -2.24. The van der Waals surface area contributed by atoms with Crippen molar-refractivity contribution < 1.29 is 0 Å². The van der Waals surface area contributed by atoms with Crippen molar-refractivity contribution in [3.8, 4) is 0 Å². The average molecular weight is 241 g/mol. The van der Waals surface area contributed by atoms with Gasteiger partial charge in [0.05, 0.1) is 18.0 Å². The lowest BCUT2D eigenvalue weighted by Crippen LogP contribution is -2.31. The maximum Gasteiger partial charge on any atom is 0.139 e. The number of nitrogens with one attached hydrogen (secondary N) is 2. The van der Waals surface area contributed by atoms with Crippen LogP contribution in [0.1, 0.15) is 18.9 Å². The zero-order valence-electron chi connectivity index (χ0n) is 10.1. The highest BCUT2D eigenvalue weighted by molar-refractivity contribution is 6.00. The molecule has 0 saturated carbocycles. The lowest BCUT2D eigenvalue weighted by molar-refractivity contribution is 0.378. The molecule has 1 fully saturated rings. The highest BCUT2D eigenvalue weighted by Gasteiger charge is 2.18. The first-order valence-corrected chi connectivity index (χ1v) is 6.43. The number of aromatic amines is 1. The minimum absolute atomic E-state index is 0.504. The number of H-pyrrole nitrogens is 1. The third-order valence-corrected chi connectivity index (χ3v) is 3.78. The van der Waals surface area contributed by atoms with E-state index in [-0.39, 0.29) is 0 Å². The molecule has 0 spiro atoms. The molecule has 3 aromatic rings. The molecule has 1 saturated heterocycles. The number of hydrogen-bond donors (Lipinski definition) is 2. The van der Waals surface area contributed by atoms with E-state index >= 15 is 0 Å². The van der Waals surface area contributed by atoms with E-state index in [0.29, 0.717) is 6.04 Å². The van der Waals surface area contributed by atoms with Crippen molar-refractivity contribution in [2.45, 2.75) is 18.9 Å². The predicted octanol–water partition coefficient (Wildman–Crippen LogP) is 1.84. The van der Waals surface area contributed by atoms with E-state index in [1.54, 1.807) is 0 Å². The van der Waals surface area contributed by atoms with E-state index in [0.717, 1.165) is 29.6 Å². The number of rotatable bonds is 1. The van der Waals surface area contributed by atoms with Crippen molar-refractivity contribution in [3.05, 3.63) is 24.8 Å². The standard InChI is InChI=1S/C13H15N5/c1-2-9(6-14-4-1)18-8-17-11-7-16-13-10(12(11)18)3-5-15-13/h3,5,7-9,14H,1-2,4,6H2,(H,15,16). The molecular formula is C13H15N5. The molecule has 1 atom stereocenters. The van der Waals surface area contributed by atoms with Gasteiger partial charge in [0, 0.05) is 24.2 Å². The molecule has 0 aliphatic carbocycles. The molecule has 18 heavy (non-hydrogen) atoms. The number of pyridine rings is 1. The van der Waals surface area contributed by atoms with Crippen molar-refractivity contribution in [2.24, 2.45) is 0 Å². The molecule has 5 nitrogen and oxygen atoms in total. The molecule has 4 heterocycles. The Balaban J connectivity index is 1.96. The van der Waals surface area contributed by atoms with Crippen LogP contribution in [0.5, 0.6) is 0 Å². The minimum atomic E-state index is 0.504. The summed E-state index contributed by atoms with van der Waals surface area (Å²) in [6.45, 7) is 2.16. The largest absolute Gasteiger partial charge is 0.346 e. The Morgan fingerprint density at radius 1 is 1.33 bits per heavy atom. The van der Waals surface area contributed by atoms with Crippen molar-refractivity contribution in [3.63, 3.8) is 0 Å². The Hall–Kier alpha value is -1.88. The average Bonchev–Trinajstić information content (AvgIpc) is 3.05. The van der Waals surface area contributed by atoms with Gasteiger partial charge in [-0.3, -0.25) is 0 Å². The Bertz CT molecular complexity index is 690. The van der Waals surface area contributed by atoms with Gasteiger partial charge in [0.15, 0.2) is 0 Å². The van der Waals surface area contributed by atoms with Gasteiger partial charge in [-0.2, -0.15) is 0 Å². The lowest BCUT2D eigenvalue weighted by atomic mass is 10.1. The van der Waals surface area contributed by atoms with Crippen LogP contribution in [-0.2, 0) is 0 Å². The molecule has 0 amide bonds. The van der Waals surface area contributed by atoms with Crippen LogP contribution in [-0.4, -0.2) is 32.6 Å². The van der Waals surface area contributed by atoms with Gasteiger partial charge in [0.1, 0.15) is 11.2 Å². The number of nitrogens with zero attached hydrogens (tertiary/aromatic N) is 3. The van der Waals surface area contributed by atoms with Crippen molar-refractivity contribution in [1.29, 1.82) is 0 Å². The van der Waals surface area contributed by atoms with Crippen LogP contribution in [0, 0.1) is 0 Å². The maximum atomic E-state index is 4.48. The van der Waals surface area contributed by atoms with Crippen LogP contribution in [0.25, 0.3) is 22.1 Å². The quantitative estimate of drug-likeness (QED) is 0.683. The van der Waals surface area contributed by atoms with Gasteiger partial charge < -0.3 is 14.9 Å². The summed E-state index contributed by atoms with van der Waals surface area (Å²) in [5, 5.41) is 4.62. The number of hydrogen-bond acceptors (Lipinski definition) is 3. The third kappa shape index (κ3) is 1.37. The van der Waals surface area contributed by atoms with Crippen LogP contribution in [0.2, 0.25) is 0 Å². The molecule has 2 N–H and O–H groups in total. The summed E-state index contributed by atoms with van der Waals surface area (Å²) in [4.78, 5) is 12.0. The van der Waals surface area contributed by atoms with E-state index in [9.17, 15) is 0 Å². The Morgan fingerprint density at radius 2 is 2.33 bits per heavy atom. The Morgan fingerprint density at radius 3 is 3.22 bits per heavy atom. The van der Waals surface area contributed by atoms with Crippen LogP contribution in [0.15, 0.2) is 24.8 Å². The summed E-state index contributed by atoms with van der Waals surface area (Å²) >= 11 is 0. The first-order chi connectivity index (χ1) is 8.93. The van der Waals surface area contributed by atoms with E-state index in [2.05, 4.69) is 30.9 Å². The molecule has 4 rings (SSSR count). The maximum absolute atomic E-state index is 4.48. The normalized spacial score (nSPS) is 20.8. The third-order valence-electron chi connectivity index (χ3n) is 3.78. The molecule has 1 unspecified atom stereocenters. The molecule has 1 aliphatic heterocycles. The van der Waals surface area contributed by atoms with Gasteiger partial charge in [-0.25, -0.2) is 9.97 Å². The molecule has 1 aliphatic rings. The Kier molecular flexibility index (Phi) is 2.14. The van der Waals surface area contributed by atoms with E-state index in [1.807, 2.05) is 18.7 Å². The zero-order chi connectivity index (χ0) is 11.9.